The standard InChI is InChI=1S/C18H27N3O3S/c22-18(8-7-15-9-11-19-12-10-15)21-13-3-6-17(14-21)25(23,24)20-16-4-1-2-5-16/h9-12,16-17,20H,1-8,13-14H2/t17-/m1/s1. The SMILES string of the molecule is O=C(CCc1ccncc1)N1CCC[C@@H](S(=O)(=O)NC2CCCC2)C1. The lowest BCUT2D eigenvalue weighted by molar-refractivity contribution is -0.131. The number of amides is 1. The van der Waals surface area contributed by atoms with Crippen LogP contribution < -0.4 is 4.72 Å². The second kappa shape index (κ2) is 8.27. The van der Waals surface area contributed by atoms with Gasteiger partial charge in [-0.15, -0.1) is 0 Å². The van der Waals surface area contributed by atoms with Gasteiger partial charge in [-0.3, -0.25) is 9.78 Å². The van der Waals surface area contributed by atoms with E-state index >= 15 is 0 Å². The van der Waals surface area contributed by atoms with Crippen molar-refractivity contribution in [3.05, 3.63) is 30.1 Å². The Bertz CT molecular complexity index is 672. The van der Waals surface area contributed by atoms with Crippen molar-refractivity contribution >= 4 is 15.9 Å². The van der Waals surface area contributed by atoms with Gasteiger partial charge in [0, 0.05) is 37.9 Å². The fourth-order valence-corrected chi connectivity index (χ4v) is 5.49. The first-order chi connectivity index (χ1) is 12.0. The third-order valence-corrected chi connectivity index (χ3v) is 7.16. The van der Waals surface area contributed by atoms with Gasteiger partial charge in [-0.05, 0) is 49.8 Å². The number of carbonyl (C=O) groups is 1. The Labute approximate surface area is 150 Å². The molecule has 6 nitrogen and oxygen atoms in total. The lowest BCUT2D eigenvalue weighted by atomic mass is 10.1. The van der Waals surface area contributed by atoms with Gasteiger partial charge in [-0.1, -0.05) is 12.8 Å². The van der Waals surface area contributed by atoms with Gasteiger partial charge < -0.3 is 4.90 Å². The summed E-state index contributed by atoms with van der Waals surface area (Å²) in [4.78, 5) is 18.2. The molecule has 2 fully saturated rings. The van der Waals surface area contributed by atoms with Gasteiger partial charge in [0.25, 0.3) is 0 Å². The zero-order valence-corrected chi connectivity index (χ0v) is 15.4. The van der Waals surface area contributed by atoms with Crippen molar-refractivity contribution in [3.8, 4) is 0 Å². The Morgan fingerprint density at radius 2 is 1.88 bits per heavy atom. The van der Waals surface area contributed by atoms with E-state index in [-0.39, 0.29) is 11.9 Å². The van der Waals surface area contributed by atoms with Crippen LogP contribution in [0, 0.1) is 0 Å². The van der Waals surface area contributed by atoms with Crippen molar-refractivity contribution in [3.63, 3.8) is 0 Å². The molecule has 1 aliphatic carbocycles. The maximum absolute atomic E-state index is 12.6. The summed E-state index contributed by atoms with van der Waals surface area (Å²) in [5, 5.41) is -0.480. The van der Waals surface area contributed by atoms with E-state index in [1.54, 1.807) is 17.3 Å². The maximum Gasteiger partial charge on any atom is 0.222 e. The van der Waals surface area contributed by atoms with Crippen molar-refractivity contribution in [1.29, 1.82) is 0 Å². The molecule has 0 radical (unpaired) electrons. The molecule has 3 rings (SSSR count). The smallest absolute Gasteiger partial charge is 0.222 e. The summed E-state index contributed by atoms with van der Waals surface area (Å²) in [6.45, 7) is 0.974. The number of piperidine rings is 1. The summed E-state index contributed by atoms with van der Waals surface area (Å²) < 4.78 is 28.1. The first kappa shape index (κ1) is 18.3. The Hall–Kier alpha value is -1.47. The van der Waals surface area contributed by atoms with Crippen LogP contribution >= 0.6 is 0 Å². The molecular weight excluding hydrogens is 338 g/mol. The number of aryl methyl sites for hydroxylation is 1. The molecule has 138 valence electrons. The number of aromatic nitrogens is 1. The van der Waals surface area contributed by atoms with Crippen LogP contribution in [-0.4, -0.2) is 48.6 Å². The van der Waals surface area contributed by atoms with E-state index in [1.807, 2.05) is 12.1 Å². The fraction of sp³-hybridized carbons (Fsp3) is 0.667. The quantitative estimate of drug-likeness (QED) is 0.835. The first-order valence-corrected chi connectivity index (χ1v) is 10.8. The summed E-state index contributed by atoms with van der Waals surface area (Å²) in [5.74, 6) is 0.0394. The Morgan fingerprint density at radius 3 is 2.60 bits per heavy atom. The summed E-state index contributed by atoms with van der Waals surface area (Å²) in [5.41, 5.74) is 1.08. The van der Waals surface area contributed by atoms with Crippen molar-refractivity contribution in [2.45, 2.75) is 62.7 Å². The molecule has 0 unspecified atom stereocenters. The Morgan fingerprint density at radius 1 is 1.16 bits per heavy atom. The van der Waals surface area contributed by atoms with Gasteiger partial charge in [0.2, 0.25) is 15.9 Å². The minimum atomic E-state index is -3.35. The van der Waals surface area contributed by atoms with Gasteiger partial charge in [0.15, 0.2) is 0 Å². The van der Waals surface area contributed by atoms with Gasteiger partial charge in [-0.2, -0.15) is 0 Å². The van der Waals surface area contributed by atoms with E-state index in [2.05, 4.69) is 9.71 Å². The predicted molar refractivity (Wildman–Crippen MR) is 96.5 cm³/mol. The number of nitrogens with zero attached hydrogens (tertiary/aromatic N) is 2. The summed E-state index contributed by atoms with van der Waals surface area (Å²) in [6.07, 6.45) is 9.95. The summed E-state index contributed by atoms with van der Waals surface area (Å²) in [7, 11) is -3.35. The van der Waals surface area contributed by atoms with Crippen LogP contribution in [0.2, 0.25) is 0 Å². The van der Waals surface area contributed by atoms with Crippen molar-refractivity contribution in [1.82, 2.24) is 14.6 Å². The van der Waals surface area contributed by atoms with E-state index in [0.29, 0.717) is 32.4 Å². The average Bonchev–Trinajstić information content (AvgIpc) is 3.13. The van der Waals surface area contributed by atoms with Gasteiger partial charge in [0.1, 0.15) is 0 Å². The molecule has 1 aromatic heterocycles. The number of nitrogens with one attached hydrogen (secondary N) is 1. The van der Waals surface area contributed by atoms with Crippen LogP contribution in [0.25, 0.3) is 0 Å². The second-order valence-corrected chi connectivity index (χ2v) is 9.10. The Balaban J connectivity index is 1.53. The lowest BCUT2D eigenvalue weighted by Gasteiger charge is -2.33. The van der Waals surface area contributed by atoms with Crippen LogP contribution in [0.4, 0.5) is 0 Å². The minimum absolute atomic E-state index is 0.0394. The Kier molecular flexibility index (Phi) is 6.06. The largest absolute Gasteiger partial charge is 0.341 e. The predicted octanol–water partition coefficient (Wildman–Crippen LogP) is 1.87. The highest BCUT2D eigenvalue weighted by atomic mass is 32.2. The van der Waals surface area contributed by atoms with Crippen molar-refractivity contribution < 1.29 is 13.2 Å². The normalized spacial score (nSPS) is 22.2. The van der Waals surface area contributed by atoms with Crippen LogP contribution in [0.15, 0.2) is 24.5 Å². The number of hydrogen-bond acceptors (Lipinski definition) is 4. The number of sulfonamides is 1. The third kappa shape index (κ3) is 5.01. The molecule has 1 amide bonds. The minimum Gasteiger partial charge on any atom is -0.341 e. The number of pyridine rings is 1. The van der Waals surface area contributed by atoms with Crippen LogP contribution in [0.3, 0.4) is 0 Å². The molecule has 25 heavy (non-hydrogen) atoms. The number of carbonyl (C=O) groups excluding carboxylic acids is 1. The average molecular weight is 365 g/mol. The van der Waals surface area contributed by atoms with Gasteiger partial charge in [0.05, 0.1) is 5.25 Å². The highest BCUT2D eigenvalue weighted by molar-refractivity contribution is 7.90. The molecule has 2 heterocycles. The van der Waals surface area contributed by atoms with Crippen LogP contribution in [0.5, 0.6) is 0 Å². The van der Waals surface area contributed by atoms with Crippen LogP contribution in [-0.2, 0) is 21.2 Å². The molecule has 1 aliphatic heterocycles. The lowest BCUT2D eigenvalue weighted by Crippen LogP contribution is -2.50. The molecule has 1 atom stereocenters. The zero-order valence-electron chi connectivity index (χ0n) is 14.6. The summed E-state index contributed by atoms with van der Waals surface area (Å²) >= 11 is 0. The van der Waals surface area contributed by atoms with Crippen LogP contribution in [0.1, 0.15) is 50.5 Å². The second-order valence-electron chi connectivity index (χ2n) is 7.10. The molecule has 2 aliphatic rings. The first-order valence-electron chi connectivity index (χ1n) is 9.22. The molecule has 0 aromatic carbocycles. The molecule has 0 bridgehead atoms. The van der Waals surface area contributed by atoms with E-state index in [0.717, 1.165) is 37.7 Å². The fourth-order valence-electron chi connectivity index (χ4n) is 3.75. The van der Waals surface area contributed by atoms with E-state index < -0.39 is 15.3 Å². The maximum atomic E-state index is 12.6. The molecular formula is C18H27N3O3S. The highest BCUT2D eigenvalue weighted by Crippen LogP contribution is 2.22. The van der Waals surface area contributed by atoms with E-state index in [1.165, 1.54) is 0 Å². The molecule has 1 N–H and O–H groups in total. The molecule has 7 heteroatoms. The number of hydrogen-bond donors (Lipinski definition) is 1. The van der Waals surface area contributed by atoms with Crippen molar-refractivity contribution in [2.75, 3.05) is 13.1 Å². The molecule has 1 saturated heterocycles. The topological polar surface area (TPSA) is 79.4 Å². The third-order valence-electron chi connectivity index (χ3n) is 5.23. The molecule has 0 spiro atoms. The zero-order chi connectivity index (χ0) is 17.7. The number of likely N-dealkylation sites (tertiary alicyclic amines) is 1. The van der Waals surface area contributed by atoms with E-state index in [9.17, 15) is 13.2 Å². The van der Waals surface area contributed by atoms with Crippen molar-refractivity contribution in [2.24, 2.45) is 0 Å². The molecule has 1 saturated carbocycles. The van der Waals surface area contributed by atoms with Gasteiger partial charge in [-0.25, -0.2) is 13.1 Å². The monoisotopic (exact) mass is 365 g/mol. The summed E-state index contributed by atoms with van der Waals surface area (Å²) in [6, 6.07) is 3.90. The molecule has 1 aromatic rings. The van der Waals surface area contributed by atoms with Gasteiger partial charge >= 0.3 is 0 Å². The van der Waals surface area contributed by atoms with E-state index in [4.69, 9.17) is 0 Å². The highest BCUT2D eigenvalue weighted by Gasteiger charge is 2.34. The number of rotatable bonds is 6.